The molecule has 0 aliphatic heterocycles. The fourth-order valence-corrected chi connectivity index (χ4v) is 5.16. The van der Waals surface area contributed by atoms with E-state index in [0.29, 0.717) is 24.3 Å². The summed E-state index contributed by atoms with van der Waals surface area (Å²) < 4.78 is 3.25. The third kappa shape index (κ3) is 44.9. The Bertz CT molecular complexity index is 371. The zero-order valence-corrected chi connectivity index (χ0v) is 17.2. The fraction of sp³-hybridized carbons (Fsp3) is 0.500. The van der Waals surface area contributed by atoms with Crippen LogP contribution in [0.5, 0.6) is 0 Å². The topological polar surface area (TPSA) is 161 Å². The molecule has 9 heteroatoms. The van der Waals surface area contributed by atoms with Crippen LogP contribution < -0.4 is 20.4 Å². The van der Waals surface area contributed by atoms with Crippen molar-refractivity contribution >= 4 is 45.0 Å². The molecule has 0 radical (unpaired) electrons. The van der Waals surface area contributed by atoms with E-state index >= 15 is 0 Å². The first-order valence-corrected chi connectivity index (χ1v) is 11.6. The van der Waals surface area contributed by atoms with Crippen molar-refractivity contribution in [3.63, 3.8) is 0 Å². The van der Waals surface area contributed by atoms with Gasteiger partial charge in [-0.1, -0.05) is 0 Å². The zero-order valence-electron chi connectivity index (χ0n) is 14.3. The van der Waals surface area contributed by atoms with Gasteiger partial charge < -0.3 is 39.6 Å². The van der Waals surface area contributed by atoms with Crippen molar-refractivity contribution in [1.29, 1.82) is 0 Å². The smallest absolute Gasteiger partial charge is 0.0643 e. The van der Waals surface area contributed by atoms with Gasteiger partial charge in [0.25, 0.3) is 0 Å². The van der Waals surface area contributed by atoms with Crippen molar-refractivity contribution in [2.75, 3.05) is 0 Å². The van der Waals surface area contributed by atoms with E-state index in [1.54, 1.807) is 8.87 Å². The van der Waals surface area contributed by atoms with Gasteiger partial charge in [0.05, 0.1) is 23.9 Å². The van der Waals surface area contributed by atoms with E-state index in [0.717, 1.165) is 0 Å². The summed E-state index contributed by atoms with van der Waals surface area (Å²) >= 11 is 0.149. The van der Waals surface area contributed by atoms with Crippen LogP contribution in [0.4, 0.5) is 0 Å². The maximum atomic E-state index is 9.41. The molecular formula is C16H22O8Sn-2. The molecule has 25 heavy (non-hydrogen) atoms. The van der Waals surface area contributed by atoms with Crippen LogP contribution in [0.25, 0.3) is 0 Å². The van der Waals surface area contributed by atoms with E-state index in [4.69, 9.17) is 0 Å². The number of hydrogen-bond acceptors (Lipinski definition) is 8. The molecule has 0 atom stereocenters. The van der Waals surface area contributed by atoms with Gasteiger partial charge in [0, 0.05) is 0 Å². The summed E-state index contributed by atoms with van der Waals surface area (Å²) in [6.45, 7) is 4.58. The SMILES string of the molecule is CCC[CH2][Sn+2][CH2]CCC.O=C([O-])/C=C/C(=O)[O-].O=C([O-])/C=C/C(=O)[O-]. The Hall–Kier alpha value is -1.84. The van der Waals surface area contributed by atoms with Crippen molar-refractivity contribution in [3.05, 3.63) is 24.3 Å². The van der Waals surface area contributed by atoms with E-state index in [9.17, 15) is 39.6 Å². The average molecular weight is 461 g/mol. The Morgan fingerprint density at radius 1 is 0.640 bits per heavy atom. The molecular weight excluding hydrogens is 439 g/mol. The quantitative estimate of drug-likeness (QED) is 0.192. The number of hydrogen-bond donors (Lipinski definition) is 0. The minimum absolute atomic E-state index is 0.149. The van der Waals surface area contributed by atoms with Crippen molar-refractivity contribution < 1.29 is 39.6 Å². The molecule has 0 saturated carbocycles. The van der Waals surface area contributed by atoms with Crippen LogP contribution >= 0.6 is 0 Å². The molecule has 0 bridgehead atoms. The van der Waals surface area contributed by atoms with E-state index in [1.165, 1.54) is 25.7 Å². The Morgan fingerprint density at radius 2 is 0.880 bits per heavy atom. The van der Waals surface area contributed by atoms with E-state index in [1.807, 2.05) is 0 Å². The van der Waals surface area contributed by atoms with Crippen LogP contribution in [0.3, 0.4) is 0 Å². The zero-order chi connectivity index (χ0) is 20.1. The molecule has 0 amide bonds. The molecule has 0 aliphatic rings. The van der Waals surface area contributed by atoms with Gasteiger partial charge in [-0.2, -0.15) is 0 Å². The molecule has 0 fully saturated rings. The summed E-state index contributed by atoms with van der Waals surface area (Å²) in [4.78, 5) is 37.7. The molecule has 0 aromatic rings. The van der Waals surface area contributed by atoms with Gasteiger partial charge in [0.1, 0.15) is 0 Å². The summed E-state index contributed by atoms with van der Waals surface area (Å²) in [5.74, 6) is -6.19. The number of aliphatic carboxylic acids is 4. The maximum absolute atomic E-state index is 9.41. The van der Waals surface area contributed by atoms with Crippen LogP contribution in [0.15, 0.2) is 24.3 Å². The van der Waals surface area contributed by atoms with Crippen molar-refractivity contribution in [1.82, 2.24) is 0 Å². The monoisotopic (exact) mass is 462 g/mol. The van der Waals surface area contributed by atoms with Crippen LogP contribution in [-0.4, -0.2) is 45.0 Å². The Morgan fingerprint density at radius 3 is 1.04 bits per heavy atom. The molecule has 0 aromatic carbocycles. The summed E-state index contributed by atoms with van der Waals surface area (Å²) in [6, 6.07) is 0. The molecule has 8 nitrogen and oxygen atoms in total. The minimum Gasteiger partial charge on any atom is -0.545 e. The Kier molecular flexibility index (Phi) is 24.8. The van der Waals surface area contributed by atoms with E-state index < -0.39 is 23.9 Å². The second kappa shape index (κ2) is 22.2. The molecule has 0 rings (SSSR count). The molecule has 0 spiro atoms. The van der Waals surface area contributed by atoms with Crippen LogP contribution in [0.2, 0.25) is 8.87 Å². The predicted molar refractivity (Wildman–Crippen MR) is 83.5 cm³/mol. The summed E-state index contributed by atoms with van der Waals surface area (Å²) in [5, 5.41) is 37.7. The molecule has 0 saturated heterocycles. The number of carbonyl (C=O) groups is 4. The van der Waals surface area contributed by atoms with Gasteiger partial charge in [0.2, 0.25) is 0 Å². The number of carboxylic acid groups (broad SMARTS) is 4. The first-order chi connectivity index (χ1) is 11.7. The first kappa shape index (κ1) is 28.0. The Labute approximate surface area is 157 Å². The van der Waals surface area contributed by atoms with Crippen LogP contribution in [-0.2, 0) is 19.2 Å². The molecule has 0 N–H and O–H groups in total. The standard InChI is InChI=1S/2C4H4O4.2C4H9.Sn/c2*5-3(6)1-2-4(7)8;2*1-3-4-2;/h2*1-2H,(H,5,6)(H,7,8);2*1,3-4H2,2H3;/q;;;;+2/p-4/b2*2-1+;;;. The molecule has 0 aliphatic carbocycles. The van der Waals surface area contributed by atoms with E-state index in [-0.39, 0.29) is 21.1 Å². The van der Waals surface area contributed by atoms with Gasteiger partial charge >= 0.3 is 69.5 Å². The number of unbranched alkanes of at least 4 members (excludes halogenated alkanes) is 2. The van der Waals surface area contributed by atoms with Crippen molar-refractivity contribution in [2.45, 2.75) is 48.4 Å². The number of carbonyl (C=O) groups excluding carboxylic acids is 4. The average Bonchev–Trinajstić information content (AvgIpc) is 2.52. The van der Waals surface area contributed by atoms with Crippen molar-refractivity contribution in [3.8, 4) is 0 Å². The van der Waals surface area contributed by atoms with Crippen LogP contribution in [0.1, 0.15) is 39.5 Å². The second-order valence-corrected chi connectivity index (χ2v) is 8.68. The maximum Gasteiger partial charge on any atom is 0.0643 e. The molecule has 0 unspecified atom stereocenters. The molecule has 140 valence electrons. The predicted octanol–water partition coefficient (Wildman–Crippen LogP) is -2.79. The summed E-state index contributed by atoms with van der Waals surface area (Å²) in [6.07, 6.45) is 7.38. The Balaban J connectivity index is -0.000000291. The van der Waals surface area contributed by atoms with Gasteiger partial charge in [-0.05, 0) is 24.3 Å². The summed E-state index contributed by atoms with van der Waals surface area (Å²) in [5.41, 5.74) is 0. The van der Waals surface area contributed by atoms with E-state index in [2.05, 4.69) is 13.8 Å². The van der Waals surface area contributed by atoms with Gasteiger partial charge in [-0.25, -0.2) is 0 Å². The molecule has 0 heterocycles. The van der Waals surface area contributed by atoms with Gasteiger partial charge in [-0.3, -0.25) is 0 Å². The largest absolute Gasteiger partial charge is 0.545 e. The number of rotatable bonds is 10. The normalized spacial score (nSPS) is 9.36. The van der Waals surface area contributed by atoms with Gasteiger partial charge in [0.15, 0.2) is 0 Å². The summed E-state index contributed by atoms with van der Waals surface area (Å²) in [7, 11) is 0. The van der Waals surface area contributed by atoms with Crippen molar-refractivity contribution in [2.24, 2.45) is 0 Å². The third-order valence-electron chi connectivity index (χ3n) is 2.13. The minimum atomic E-state index is -1.55. The fourth-order valence-electron chi connectivity index (χ4n) is 1.00. The number of carboxylic acids is 4. The third-order valence-corrected chi connectivity index (χ3v) is 6.16. The first-order valence-electron chi connectivity index (χ1n) is 7.58. The van der Waals surface area contributed by atoms with Crippen LogP contribution in [0, 0.1) is 0 Å². The molecule has 0 aromatic heterocycles. The second-order valence-electron chi connectivity index (χ2n) is 4.40. The van der Waals surface area contributed by atoms with Gasteiger partial charge in [-0.15, -0.1) is 0 Å².